The summed E-state index contributed by atoms with van der Waals surface area (Å²) in [5, 5.41) is 5.55. The van der Waals surface area contributed by atoms with Crippen LogP contribution in [0.25, 0.3) is 0 Å². The minimum absolute atomic E-state index is 0.183. The number of rotatable bonds is 3. The van der Waals surface area contributed by atoms with Gasteiger partial charge < -0.3 is 5.32 Å². The van der Waals surface area contributed by atoms with E-state index in [1.807, 2.05) is 12.1 Å². The number of pyridine rings is 1. The standard InChI is InChI=1S/C14H12FN3OS/c15-12-5-1-4-11(7-12)13(19)18-14(20)17-9-10-3-2-6-16-8-10/h1-8H,9H2,(H2,17,18,19,20). The minimum atomic E-state index is -0.466. The van der Waals surface area contributed by atoms with Gasteiger partial charge in [-0.05, 0) is 42.0 Å². The lowest BCUT2D eigenvalue weighted by Crippen LogP contribution is -2.38. The second-order valence-corrected chi connectivity index (χ2v) is 4.42. The first kappa shape index (κ1) is 14.1. The van der Waals surface area contributed by atoms with Crippen molar-refractivity contribution in [1.29, 1.82) is 0 Å². The van der Waals surface area contributed by atoms with Crippen molar-refractivity contribution in [3.63, 3.8) is 0 Å². The molecule has 1 aromatic heterocycles. The van der Waals surface area contributed by atoms with Gasteiger partial charge in [-0.3, -0.25) is 15.1 Å². The number of halogens is 1. The van der Waals surface area contributed by atoms with E-state index in [-0.39, 0.29) is 10.7 Å². The summed E-state index contributed by atoms with van der Waals surface area (Å²) in [5.74, 6) is -0.917. The van der Waals surface area contributed by atoms with Crippen LogP contribution < -0.4 is 10.6 Å². The van der Waals surface area contributed by atoms with Crippen molar-refractivity contribution in [2.75, 3.05) is 0 Å². The fraction of sp³-hybridized carbons (Fsp3) is 0.0714. The molecular formula is C14H12FN3OS. The first-order valence-electron chi connectivity index (χ1n) is 5.89. The van der Waals surface area contributed by atoms with E-state index in [9.17, 15) is 9.18 Å². The second-order valence-electron chi connectivity index (χ2n) is 4.01. The summed E-state index contributed by atoms with van der Waals surface area (Å²) in [5.41, 5.74) is 1.16. The molecule has 2 aromatic rings. The third-order valence-electron chi connectivity index (χ3n) is 2.49. The van der Waals surface area contributed by atoms with Gasteiger partial charge in [0.2, 0.25) is 0 Å². The molecule has 4 nitrogen and oxygen atoms in total. The van der Waals surface area contributed by atoms with Crippen LogP contribution in [0.3, 0.4) is 0 Å². The van der Waals surface area contributed by atoms with E-state index in [0.29, 0.717) is 6.54 Å². The molecule has 0 atom stereocenters. The molecule has 2 N–H and O–H groups in total. The third-order valence-corrected chi connectivity index (χ3v) is 2.74. The lowest BCUT2D eigenvalue weighted by Gasteiger charge is -2.09. The van der Waals surface area contributed by atoms with Crippen LogP contribution in [0.5, 0.6) is 0 Å². The zero-order chi connectivity index (χ0) is 14.4. The van der Waals surface area contributed by atoms with Crippen LogP contribution >= 0.6 is 12.2 Å². The maximum absolute atomic E-state index is 13.0. The Balaban J connectivity index is 1.87. The van der Waals surface area contributed by atoms with Crippen LogP contribution in [0, 0.1) is 5.82 Å². The molecule has 0 unspecified atom stereocenters. The summed E-state index contributed by atoms with van der Waals surface area (Å²) in [6, 6.07) is 9.11. The van der Waals surface area contributed by atoms with E-state index in [1.165, 1.54) is 18.2 Å². The van der Waals surface area contributed by atoms with Gasteiger partial charge in [-0.1, -0.05) is 12.1 Å². The van der Waals surface area contributed by atoms with Crippen molar-refractivity contribution >= 4 is 23.2 Å². The van der Waals surface area contributed by atoms with Gasteiger partial charge in [0, 0.05) is 24.5 Å². The zero-order valence-corrected chi connectivity index (χ0v) is 11.3. The largest absolute Gasteiger partial charge is 0.358 e. The molecule has 0 saturated heterocycles. The Morgan fingerprint density at radius 3 is 2.85 bits per heavy atom. The van der Waals surface area contributed by atoms with Gasteiger partial charge in [-0.15, -0.1) is 0 Å². The van der Waals surface area contributed by atoms with E-state index in [4.69, 9.17) is 12.2 Å². The Morgan fingerprint density at radius 1 is 1.30 bits per heavy atom. The van der Waals surface area contributed by atoms with Crippen molar-refractivity contribution in [3.8, 4) is 0 Å². The molecule has 2 rings (SSSR count). The lowest BCUT2D eigenvalue weighted by molar-refractivity contribution is 0.0976. The molecule has 20 heavy (non-hydrogen) atoms. The Hall–Kier alpha value is -2.34. The smallest absolute Gasteiger partial charge is 0.257 e. The lowest BCUT2D eigenvalue weighted by atomic mass is 10.2. The van der Waals surface area contributed by atoms with Gasteiger partial charge in [0.15, 0.2) is 5.11 Å². The molecule has 0 radical (unpaired) electrons. The Bertz CT molecular complexity index is 619. The molecule has 0 spiro atoms. The number of hydrogen-bond acceptors (Lipinski definition) is 3. The first-order valence-corrected chi connectivity index (χ1v) is 6.29. The quantitative estimate of drug-likeness (QED) is 0.849. The van der Waals surface area contributed by atoms with Crippen molar-refractivity contribution < 1.29 is 9.18 Å². The van der Waals surface area contributed by atoms with Crippen molar-refractivity contribution in [2.24, 2.45) is 0 Å². The van der Waals surface area contributed by atoms with Crippen molar-refractivity contribution in [3.05, 3.63) is 65.7 Å². The predicted molar refractivity (Wildman–Crippen MR) is 77.5 cm³/mol. The summed E-state index contributed by atoms with van der Waals surface area (Å²) in [6.45, 7) is 0.454. The van der Waals surface area contributed by atoms with Gasteiger partial charge in [0.1, 0.15) is 5.82 Å². The highest BCUT2D eigenvalue weighted by atomic mass is 32.1. The number of thiocarbonyl (C=S) groups is 1. The predicted octanol–water partition coefficient (Wildman–Crippen LogP) is 2.03. The highest BCUT2D eigenvalue weighted by Crippen LogP contribution is 2.03. The molecule has 1 heterocycles. The monoisotopic (exact) mass is 289 g/mol. The highest BCUT2D eigenvalue weighted by Gasteiger charge is 2.08. The summed E-state index contributed by atoms with van der Waals surface area (Å²) in [7, 11) is 0. The third kappa shape index (κ3) is 4.10. The number of aromatic nitrogens is 1. The van der Waals surface area contributed by atoms with Crippen LogP contribution in [0.15, 0.2) is 48.8 Å². The summed E-state index contributed by atoms with van der Waals surface area (Å²) in [4.78, 5) is 15.8. The van der Waals surface area contributed by atoms with E-state index in [2.05, 4.69) is 15.6 Å². The fourth-order valence-corrected chi connectivity index (χ4v) is 1.70. The average Bonchev–Trinajstić information content (AvgIpc) is 2.46. The van der Waals surface area contributed by atoms with E-state index in [1.54, 1.807) is 12.4 Å². The maximum Gasteiger partial charge on any atom is 0.257 e. The number of carbonyl (C=O) groups is 1. The van der Waals surface area contributed by atoms with Crippen LogP contribution in [-0.2, 0) is 6.54 Å². The van der Waals surface area contributed by atoms with Crippen molar-refractivity contribution in [1.82, 2.24) is 15.6 Å². The molecule has 102 valence electrons. The Kier molecular flexibility index (Phi) is 4.73. The van der Waals surface area contributed by atoms with E-state index in [0.717, 1.165) is 11.6 Å². The van der Waals surface area contributed by atoms with E-state index < -0.39 is 11.7 Å². The van der Waals surface area contributed by atoms with Crippen molar-refractivity contribution in [2.45, 2.75) is 6.54 Å². The SMILES string of the molecule is O=C(NC(=S)NCc1cccnc1)c1cccc(F)c1. The summed E-state index contributed by atoms with van der Waals surface area (Å²) < 4.78 is 13.0. The molecule has 0 bridgehead atoms. The normalized spacial score (nSPS) is 9.85. The topological polar surface area (TPSA) is 54.0 Å². The molecule has 0 aliphatic heterocycles. The molecular weight excluding hydrogens is 277 g/mol. The molecule has 0 aliphatic rings. The van der Waals surface area contributed by atoms with Gasteiger partial charge >= 0.3 is 0 Å². The molecule has 0 fully saturated rings. The minimum Gasteiger partial charge on any atom is -0.358 e. The fourth-order valence-electron chi connectivity index (χ4n) is 1.53. The Labute approximate surface area is 121 Å². The molecule has 6 heteroatoms. The number of amides is 1. The van der Waals surface area contributed by atoms with Crippen LogP contribution in [0.4, 0.5) is 4.39 Å². The van der Waals surface area contributed by atoms with Crippen LogP contribution in [-0.4, -0.2) is 16.0 Å². The van der Waals surface area contributed by atoms with Gasteiger partial charge in [-0.25, -0.2) is 4.39 Å². The molecule has 0 aliphatic carbocycles. The molecule has 0 saturated carbocycles. The summed E-state index contributed by atoms with van der Waals surface area (Å²) >= 11 is 5.01. The Morgan fingerprint density at radius 2 is 2.15 bits per heavy atom. The van der Waals surface area contributed by atoms with E-state index >= 15 is 0 Å². The summed E-state index contributed by atoms with van der Waals surface area (Å²) in [6.07, 6.45) is 3.37. The number of carbonyl (C=O) groups excluding carboxylic acids is 1. The number of benzene rings is 1. The zero-order valence-electron chi connectivity index (χ0n) is 10.5. The second kappa shape index (κ2) is 6.72. The first-order chi connectivity index (χ1) is 9.65. The maximum atomic E-state index is 13.0. The van der Waals surface area contributed by atoms with Crippen LogP contribution in [0.1, 0.15) is 15.9 Å². The molecule has 1 amide bonds. The van der Waals surface area contributed by atoms with Crippen LogP contribution in [0.2, 0.25) is 0 Å². The number of hydrogen-bond donors (Lipinski definition) is 2. The average molecular weight is 289 g/mol. The molecule has 1 aromatic carbocycles. The number of nitrogens with zero attached hydrogens (tertiary/aromatic N) is 1. The number of nitrogens with one attached hydrogen (secondary N) is 2. The van der Waals surface area contributed by atoms with Gasteiger partial charge in [0.25, 0.3) is 5.91 Å². The van der Waals surface area contributed by atoms with Gasteiger partial charge in [0.05, 0.1) is 0 Å². The highest BCUT2D eigenvalue weighted by molar-refractivity contribution is 7.80. The van der Waals surface area contributed by atoms with Gasteiger partial charge in [-0.2, -0.15) is 0 Å².